The molecule has 4 rings (SSSR count). The lowest BCUT2D eigenvalue weighted by Gasteiger charge is -2.51. The quantitative estimate of drug-likeness (QED) is 0.834. The molecule has 1 aliphatic carbocycles. The van der Waals surface area contributed by atoms with Crippen LogP contribution in [0.15, 0.2) is 18.2 Å². The van der Waals surface area contributed by atoms with E-state index in [2.05, 4.69) is 42.0 Å². The Hall–Kier alpha value is -1.06. The van der Waals surface area contributed by atoms with Crippen molar-refractivity contribution in [2.45, 2.75) is 56.5 Å². The monoisotopic (exact) mass is 314 g/mol. The van der Waals surface area contributed by atoms with Crippen molar-refractivity contribution in [3.8, 4) is 5.75 Å². The van der Waals surface area contributed by atoms with E-state index >= 15 is 0 Å². The fourth-order valence-electron chi connectivity index (χ4n) is 5.52. The average molecular weight is 314 g/mol. The van der Waals surface area contributed by atoms with Crippen LogP contribution in [0.1, 0.15) is 43.7 Å². The molecule has 0 aromatic heterocycles. The average Bonchev–Trinajstić information content (AvgIpc) is 3.05. The van der Waals surface area contributed by atoms with Crippen LogP contribution in [0, 0.1) is 0 Å². The number of likely N-dealkylation sites (tertiary alicyclic amines) is 2. The number of methoxy groups -OCH3 is 1. The van der Waals surface area contributed by atoms with Gasteiger partial charge in [-0.1, -0.05) is 13.0 Å². The zero-order chi connectivity index (χ0) is 16.0. The van der Waals surface area contributed by atoms with Crippen LogP contribution in [0.3, 0.4) is 0 Å². The second-order valence-electron chi connectivity index (χ2n) is 7.98. The molecule has 2 heterocycles. The largest absolute Gasteiger partial charge is 0.497 e. The molecule has 3 atom stereocenters. The van der Waals surface area contributed by atoms with Crippen molar-refractivity contribution in [3.63, 3.8) is 0 Å². The highest BCUT2D eigenvalue weighted by molar-refractivity contribution is 5.45. The molecule has 23 heavy (non-hydrogen) atoms. The van der Waals surface area contributed by atoms with E-state index in [1.165, 1.54) is 51.7 Å². The fraction of sp³-hybridized carbons (Fsp3) is 0.700. The Labute approximate surface area is 140 Å². The molecule has 3 heteroatoms. The van der Waals surface area contributed by atoms with Gasteiger partial charge in [0.05, 0.1) is 7.11 Å². The van der Waals surface area contributed by atoms with Crippen LogP contribution < -0.4 is 4.74 Å². The first kappa shape index (κ1) is 15.5. The van der Waals surface area contributed by atoms with E-state index in [9.17, 15) is 0 Å². The van der Waals surface area contributed by atoms with Gasteiger partial charge in [-0.25, -0.2) is 0 Å². The highest BCUT2D eigenvalue weighted by Crippen LogP contribution is 2.47. The molecule has 2 fully saturated rings. The standard InChI is InChI=1S/C20H30N2O/c1-20-9-6-10-21(2)18(19(20)22-11-4-5-12-22)13-15-7-8-16(23-3)14-17(15)20/h7-8,14,18-19H,4-6,9-13H2,1-3H3/t18?,19?,20-/m1/s1. The third kappa shape index (κ3) is 2.40. The Morgan fingerprint density at radius 2 is 1.91 bits per heavy atom. The predicted molar refractivity (Wildman–Crippen MR) is 94.3 cm³/mol. The summed E-state index contributed by atoms with van der Waals surface area (Å²) >= 11 is 0. The minimum Gasteiger partial charge on any atom is -0.497 e. The van der Waals surface area contributed by atoms with Gasteiger partial charge in [0, 0.05) is 17.5 Å². The van der Waals surface area contributed by atoms with Gasteiger partial charge in [-0.15, -0.1) is 0 Å². The van der Waals surface area contributed by atoms with Crippen LogP contribution >= 0.6 is 0 Å². The number of nitrogens with zero attached hydrogens (tertiary/aromatic N) is 2. The van der Waals surface area contributed by atoms with Gasteiger partial charge >= 0.3 is 0 Å². The molecule has 0 amide bonds. The van der Waals surface area contributed by atoms with E-state index in [-0.39, 0.29) is 5.41 Å². The molecule has 2 bridgehead atoms. The normalized spacial score (nSPS) is 34.9. The Bertz CT molecular complexity index is 581. The second-order valence-corrected chi connectivity index (χ2v) is 7.98. The summed E-state index contributed by atoms with van der Waals surface area (Å²) < 4.78 is 5.55. The van der Waals surface area contributed by atoms with Gasteiger partial charge in [0.15, 0.2) is 0 Å². The van der Waals surface area contributed by atoms with Crippen molar-refractivity contribution < 1.29 is 4.74 Å². The second kappa shape index (κ2) is 5.78. The minimum atomic E-state index is 0.252. The number of hydrogen-bond acceptors (Lipinski definition) is 3. The molecule has 0 N–H and O–H groups in total. The first-order chi connectivity index (χ1) is 11.1. The van der Waals surface area contributed by atoms with Crippen molar-refractivity contribution in [1.82, 2.24) is 9.80 Å². The Morgan fingerprint density at radius 1 is 1.13 bits per heavy atom. The summed E-state index contributed by atoms with van der Waals surface area (Å²) in [5.41, 5.74) is 3.35. The molecule has 0 radical (unpaired) electrons. The zero-order valence-electron chi connectivity index (χ0n) is 14.8. The van der Waals surface area contributed by atoms with Crippen molar-refractivity contribution >= 4 is 0 Å². The molecule has 2 saturated heterocycles. The summed E-state index contributed by atoms with van der Waals surface area (Å²) in [4.78, 5) is 5.44. The molecule has 0 saturated carbocycles. The van der Waals surface area contributed by atoms with E-state index in [0.717, 1.165) is 5.75 Å². The van der Waals surface area contributed by atoms with Gasteiger partial charge in [0.25, 0.3) is 0 Å². The van der Waals surface area contributed by atoms with Crippen LogP contribution in [0.4, 0.5) is 0 Å². The SMILES string of the molecule is COc1ccc2c(c1)[C@@]1(C)CCCN(C)C(C2)C1N1CCCC1. The van der Waals surface area contributed by atoms with Gasteiger partial charge in [-0.05, 0) is 82.0 Å². The summed E-state index contributed by atoms with van der Waals surface area (Å²) in [6, 6.07) is 8.10. The minimum absolute atomic E-state index is 0.252. The van der Waals surface area contributed by atoms with Gasteiger partial charge in [-0.3, -0.25) is 4.90 Å². The molecule has 0 spiro atoms. The van der Waals surface area contributed by atoms with Gasteiger partial charge < -0.3 is 9.64 Å². The van der Waals surface area contributed by atoms with Crippen molar-refractivity contribution in [1.29, 1.82) is 0 Å². The van der Waals surface area contributed by atoms with Gasteiger partial charge in [0.2, 0.25) is 0 Å². The lowest BCUT2D eigenvalue weighted by Crippen LogP contribution is -2.61. The number of likely N-dealkylation sites (N-methyl/N-ethyl adjacent to an activating group) is 1. The highest BCUT2D eigenvalue weighted by atomic mass is 16.5. The summed E-state index contributed by atoms with van der Waals surface area (Å²) in [5.74, 6) is 1.01. The molecule has 2 unspecified atom stereocenters. The Morgan fingerprint density at radius 3 is 2.65 bits per heavy atom. The number of ether oxygens (including phenoxy) is 1. The first-order valence-corrected chi connectivity index (χ1v) is 9.25. The summed E-state index contributed by atoms with van der Waals surface area (Å²) in [7, 11) is 4.13. The van der Waals surface area contributed by atoms with E-state index in [1.807, 2.05) is 0 Å². The fourth-order valence-corrected chi connectivity index (χ4v) is 5.52. The summed E-state index contributed by atoms with van der Waals surface area (Å²) in [6.07, 6.45) is 6.51. The number of benzene rings is 1. The molecule has 1 aromatic rings. The third-order valence-electron chi connectivity index (χ3n) is 6.69. The van der Waals surface area contributed by atoms with Crippen molar-refractivity contribution in [2.75, 3.05) is 33.8 Å². The van der Waals surface area contributed by atoms with E-state index in [1.54, 1.807) is 18.2 Å². The maximum atomic E-state index is 5.55. The maximum Gasteiger partial charge on any atom is 0.119 e. The topological polar surface area (TPSA) is 15.7 Å². The number of fused-ring (bicyclic) bond motifs is 4. The smallest absolute Gasteiger partial charge is 0.119 e. The molecule has 126 valence electrons. The van der Waals surface area contributed by atoms with E-state index in [4.69, 9.17) is 4.74 Å². The van der Waals surface area contributed by atoms with Crippen LogP contribution in [0.2, 0.25) is 0 Å². The zero-order valence-corrected chi connectivity index (χ0v) is 14.8. The third-order valence-corrected chi connectivity index (χ3v) is 6.69. The van der Waals surface area contributed by atoms with Crippen molar-refractivity contribution in [2.24, 2.45) is 0 Å². The van der Waals surface area contributed by atoms with Crippen LogP contribution in [-0.2, 0) is 11.8 Å². The molecule has 3 nitrogen and oxygen atoms in total. The Balaban J connectivity index is 1.84. The van der Waals surface area contributed by atoms with E-state index in [0.29, 0.717) is 12.1 Å². The van der Waals surface area contributed by atoms with Crippen molar-refractivity contribution in [3.05, 3.63) is 29.3 Å². The molecular weight excluding hydrogens is 284 g/mol. The molecule has 1 aromatic carbocycles. The lowest BCUT2D eigenvalue weighted by molar-refractivity contribution is 0.0647. The molecule has 3 aliphatic rings. The lowest BCUT2D eigenvalue weighted by atomic mass is 9.64. The Kier molecular flexibility index (Phi) is 3.89. The van der Waals surface area contributed by atoms with Gasteiger partial charge in [0.1, 0.15) is 5.75 Å². The van der Waals surface area contributed by atoms with E-state index < -0.39 is 0 Å². The maximum absolute atomic E-state index is 5.55. The van der Waals surface area contributed by atoms with Crippen LogP contribution in [0.25, 0.3) is 0 Å². The number of rotatable bonds is 2. The highest BCUT2D eigenvalue weighted by Gasteiger charge is 2.50. The van der Waals surface area contributed by atoms with Gasteiger partial charge in [-0.2, -0.15) is 0 Å². The summed E-state index contributed by atoms with van der Waals surface area (Å²) in [5, 5.41) is 0. The van der Waals surface area contributed by atoms with Crippen LogP contribution in [-0.4, -0.2) is 55.7 Å². The number of hydrogen-bond donors (Lipinski definition) is 0. The molecule has 2 aliphatic heterocycles. The summed E-state index contributed by atoms with van der Waals surface area (Å²) in [6.45, 7) is 6.32. The predicted octanol–water partition coefficient (Wildman–Crippen LogP) is 3.07. The molecular formula is C20H30N2O. The first-order valence-electron chi connectivity index (χ1n) is 9.25. The van der Waals surface area contributed by atoms with Crippen LogP contribution in [0.5, 0.6) is 5.75 Å².